The highest BCUT2D eigenvalue weighted by molar-refractivity contribution is 5.28. The highest BCUT2D eigenvalue weighted by Gasteiger charge is 2.15. The van der Waals surface area contributed by atoms with Crippen molar-refractivity contribution in [3.05, 3.63) is 83.9 Å². The van der Waals surface area contributed by atoms with Gasteiger partial charge >= 0.3 is 0 Å². The minimum atomic E-state index is 0.109. The van der Waals surface area contributed by atoms with Gasteiger partial charge in [0.2, 0.25) is 0 Å². The Hall–Kier alpha value is -1.82. The molecule has 0 heteroatoms. The standard InChI is InChI=1S/C19H22/c1-19(2,18-14-7-4-8-15-18)16-10-9-13-17-11-5-3-6-12-17/h3-8,10-12,14-16H,9,13H2,1-2H3/b16-10+. The van der Waals surface area contributed by atoms with Gasteiger partial charge in [-0.15, -0.1) is 0 Å². The topological polar surface area (TPSA) is 0 Å². The first-order chi connectivity index (χ1) is 9.18. The van der Waals surface area contributed by atoms with Crippen LogP contribution in [0.1, 0.15) is 31.4 Å². The molecular weight excluding hydrogens is 228 g/mol. The summed E-state index contributed by atoms with van der Waals surface area (Å²) in [6, 6.07) is 21.3. The van der Waals surface area contributed by atoms with Crippen molar-refractivity contribution in [1.82, 2.24) is 0 Å². The third-order valence-corrected chi connectivity index (χ3v) is 3.49. The summed E-state index contributed by atoms with van der Waals surface area (Å²) in [5, 5.41) is 0. The van der Waals surface area contributed by atoms with Gasteiger partial charge in [-0.2, -0.15) is 0 Å². The van der Waals surface area contributed by atoms with Gasteiger partial charge in [-0.25, -0.2) is 0 Å². The van der Waals surface area contributed by atoms with Crippen LogP contribution in [0.4, 0.5) is 0 Å². The van der Waals surface area contributed by atoms with Crippen LogP contribution in [0.2, 0.25) is 0 Å². The summed E-state index contributed by atoms with van der Waals surface area (Å²) in [6.07, 6.45) is 6.84. The molecule has 2 aromatic carbocycles. The minimum Gasteiger partial charge on any atom is -0.0873 e. The third kappa shape index (κ3) is 4.10. The van der Waals surface area contributed by atoms with E-state index < -0.39 is 0 Å². The predicted octanol–water partition coefficient (Wildman–Crippen LogP) is 5.15. The largest absolute Gasteiger partial charge is 0.0873 e. The van der Waals surface area contributed by atoms with Crippen molar-refractivity contribution < 1.29 is 0 Å². The van der Waals surface area contributed by atoms with Crippen molar-refractivity contribution in [3.8, 4) is 0 Å². The second-order valence-electron chi connectivity index (χ2n) is 5.51. The van der Waals surface area contributed by atoms with Crippen LogP contribution < -0.4 is 0 Å². The number of hydrogen-bond acceptors (Lipinski definition) is 0. The Morgan fingerprint density at radius 3 is 2.05 bits per heavy atom. The molecule has 0 nitrogen and oxygen atoms in total. The summed E-state index contributed by atoms with van der Waals surface area (Å²) in [7, 11) is 0. The van der Waals surface area contributed by atoms with Crippen molar-refractivity contribution in [3.63, 3.8) is 0 Å². The molecule has 0 spiro atoms. The van der Waals surface area contributed by atoms with Crippen molar-refractivity contribution in [2.45, 2.75) is 32.1 Å². The third-order valence-electron chi connectivity index (χ3n) is 3.49. The lowest BCUT2D eigenvalue weighted by Crippen LogP contribution is -2.12. The molecular formula is C19H22. The van der Waals surface area contributed by atoms with Crippen LogP contribution in [0.25, 0.3) is 0 Å². The summed E-state index contributed by atoms with van der Waals surface area (Å²) in [5.41, 5.74) is 2.88. The number of benzene rings is 2. The average Bonchev–Trinajstić information content (AvgIpc) is 2.46. The lowest BCUT2D eigenvalue weighted by atomic mass is 9.84. The highest BCUT2D eigenvalue weighted by Crippen LogP contribution is 2.24. The molecule has 0 aliphatic rings. The van der Waals surface area contributed by atoms with Crippen molar-refractivity contribution >= 4 is 0 Å². The molecule has 0 amide bonds. The van der Waals surface area contributed by atoms with Gasteiger partial charge in [-0.05, 0) is 24.0 Å². The summed E-state index contributed by atoms with van der Waals surface area (Å²) >= 11 is 0. The van der Waals surface area contributed by atoms with Crippen LogP contribution in [0.3, 0.4) is 0 Å². The van der Waals surface area contributed by atoms with E-state index in [9.17, 15) is 0 Å². The van der Waals surface area contributed by atoms with Crippen LogP contribution in [0.15, 0.2) is 72.8 Å². The van der Waals surface area contributed by atoms with E-state index in [0.717, 1.165) is 12.8 Å². The molecule has 19 heavy (non-hydrogen) atoms. The van der Waals surface area contributed by atoms with Crippen molar-refractivity contribution in [2.75, 3.05) is 0 Å². The van der Waals surface area contributed by atoms with E-state index in [1.807, 2.05) is 0 Å². The maximum Gasteiger partial charge on any atom is 0.00753 e. The molecule has 98 valence electrons. The first-order valence-electron chi connectivity index (χ1n) is 6.96. The van der Waals surface area contributed by atoms with E-state index in [-0.39, 0.29) is 5.41 Å². The fourth-order valence-corrected chi connectivity index (χ4v) is 2.24. The second-order valence-corrected chi connectivity index (χ2v) is 5.51. The van der Waals surface area contributed by atoms with Gasteiger partial charge in [0.25, 0.3) is 0 Å². The van der Waals surface area contributed by atoms with Crippen molar-refractivity contribution in [2.24, 2.45) is 0 Å². The Balaban J connectivity index is 1.92. The van der Waals surface area contributed by atoms with Gasteiger partial charge in [0, 0.05) is 5.41 Å². The second kappa shape index (κ2) is 6.38. The Kier molecular flexibility index (Phi) is 4.57. The van der Waals surface area contributed by atoms with Crippen molar-refractivity contribution in [1.29, 1.82) is 0 Å². The van der Waals surface area contributed by atoms with Crippen LogP contribution >= 0.6 is 0 Å². The fraction of sp³-hybridized carbons (Fsp3) is 0.263. The molecule has 0 aliphatic carbocycles. The first-order valence-corrected chi connectivity index (χ1v) is 6.96. The lowest BCUT2D eigenvalue weighted by Gasteiger charge is -2.20. The summed E-state index contributed by atoms with van der Waals surface area (Å²) in [4.78, 5) is 0. The van der Waals surface area contributed by atoms with E-state index in [0.29, 0.717) is 0 Å². The molecule has 0 atom stereocenters. The van der Waals surface area contributed by atoms with E-state index in [1.54, 1.807) is 0 Å². The zero-order chi connectivity index (χ0) is 13.6. The number of allylic oxidation sites excluding steroid dienone is 2. The van der Waals surface area contributed by atoms with Crippen LogP contribution in [0.5, 0.6) is 0 Å². The van der Waals surface area contributed by atoms with Gasteiger partial charge in [-0.3, -0.25) is 0 Å². The normalized spacial score (nSPS) is 11.9. The summed E-state index contributed by atoms with van der Waals surface area (Å²) < 4.78 is 0. The van der Waals surface area contributed by atoms with Gasteiger partial charge in [0.15, 0.2) is 0 Å². The molecule has 2 aromatic rings. The van der Waals surface area contributed by atoms with Crippen LogP contribution in [-0.2, 0) is 11.8 Å². The molecule has 0 unspecified atom stereocenters. The van der Waals surface area contributed by atoms with E-state index in [1.165, 1.54) is 11.1 Å². The predicted molar refractivity (Wildman–Crippen MR) is 83.4 cm³/mol. The Morgan fingerprint density at radius 1 is 0.842 bits per heavy atom. The minimum absolute atomic E-state index is 0.109. The van der Waals surface area contributed by atoms with Gasteiger partial charge < -0.3 is 0 Å². The molecule has 0 fully saturated rings. The maximum absolute atomic E-state index is 2.32. The maximum atomic E-state index is 2.32. The quantitative estimate of drug-likeness (QED) is 0.643. The molecule has 0 saturated carbocycles. The summed E-state index contributed by atoms with van der Waals surface area (Å²) in [5.74, 6) is 0. The SMILES string of the molecule is CC(C)(/C=C/CCc1ccccc1)c1ccccc1. The number of hydrogen-bond donors (Lipinski definition) is 0. The van der Waals surface area contributed by atoms with Crippen LogP contribution in [0, 0.1) is 0 Å². The zero-order valence-electron chi connectivity index (χ0n) is 11.8. The average molecular weight is 250 g/mol. The monoisotopic (exact) mass is 250 g/mol. The molecule has 0 aromatic heterocycles. The van der Waals surface area contributed by atoms with Gasteiger partial charge in [0.1, 0.15) is 0 Å². The summed E-state index contributed by atoms with van der Waals surface area (Å²) in [6.45, 7) is 4.53. The van der Waals surface area contributed by atoms with Gasteiger partial charge in [0.05, 0.1) is 0 Å². The Labute approximate surface area is 116 Å². The van der Waals surface area contributed by atoms with E-state index >= 15 is 0 Å². The lowest BCUT2D eigenvalue weighted by molar-refractivity contribution is 0.666. The number of aryl methyl sites for hydroxylation is 1. The zero-order valence-corrected chi connectivity index (χ0v) is 11.8. The molecule has 2 rings (SSSR count). The van der Waals surface area contributed by atoms with Gasteiger partial charge in [-0.1, -0.05) is 86.7 Å². The van der Waals surface area contributed by atoms with Crippen LogP contribution in [-0.4, -0.2) is 0 Å². The van der Waals surface area contributed by atoms with E-state index in [2.05, 4.69) is 86.7 Å². The molecule has 0 saturated heterocycles. The van der Waals surface area contributed by atoms with E-state index in [4.69, 9.17) is 0 Å². The molecule has 0 bridgehead atoms. The molecule has 0 heterocycles. The molecule has 0 aliphatic heterocycles. The Bertz CT molecular complexity index is 506. The molecule has 0 N–H and O–H groups in total. The smallest absolute Gasteiger partial charge is 0.00753 e. The number of rotatable bonds is 5. The Morgan fingerprint density at radius 2 is 1.42 bits per heavy atom. The first kappa shape index (κ1) is 13.6. The fourth-order valence-electron chi connectivity index (χ4n) is 2.24. The highest BCUT2D eigenvalue weighted by atomic mass is 14.2. The molecule has 0 radical (unpaired) electrons.